The maximum absolute atomic E-state index is 11.1. The zero-order valence-corrected chi connectivity index (χ0v) is 21.3. The molecule has 0 fully saturated rings. The molecule has 0 amide bonds. The number of carbonyl (C=O) groups is 1. The predicted molar refractivity (Wildman–Crippen MR) is 126 cm³/mol. The molecule has 0 N–H and O–H groups in total. The first-order chi connectivity index (χ1) is 15.7. The van der Waals surface area contributed by atoms with E-state index in [-0.39, 0.29) is 55.2 Å². The third-order valence-corrected chi connectivity index (χ3v) is 4.68. The Kier molecular flexibility index (Phi) is 12.7. The van der Waals surface area contributed by atoms with Gasteiger partial charge in [0.25, 0.3) is 0 Å². The van der Waals surface area contributed by atoms with Crippen molar-refractivity contribution in [2.75, 3.05) is 33.0 Å². The van der Waals surface area contributed by atoms with Crippen LogP contribution >= 0.6 is 0 Å². The van der Waals surface area contributed by atoms with Gasteiger partial charge in [-0.25, -0.2) is 0 Å². The van der Waals surface area contributed by atoms with Gasteiger partial charge in [-0.2, -0.15) is 0 Å². The number of ether oxygens (including phenoxy) is 3. The minimum Gasteiger partial charge on any atom is -0.491 e. The first-order valence-electron chi connectivity index (χ1n) is 10.7. The van der Waals surface area contributed by atoms with Gasteiger partial charge in [-0.3, -0.25) is 14.8 Å². The minimum atomic E-state index is 0. The summed E-state index contributed by atoms with van der Waals surface area (Å²) in [6, 6.07) is 19.2. The maximum Gasteiger partial charge on any atom is 3.00 e. The molecule has 0 aliphatic heterocycles. The molecule has 6 nitrogen and oxygen atoms in total. The van der Waals surface area contributed by atoms with E-state index < -0.39 is 0 Å². The number of carbonyl (C=O) groups excluding carboxylic acids is 1. The second kappa shape index (κ2) is 15.2. The van der Waals surface area contributed by atoms with Gasteiger partial charge in [0.2, 0.25) is 0 Å². The van der Waals surface area contributed by atoms with E-state index in [0.29, 0.717) is 38.6 Å². The number of aromatic nitrogens is 2. The van der Waals surface area contributed by atoms with Crippen LogP contribution in [0.3, 0.4) is 0 Å². The number of rotatable bonds is 9. The van der Waals surface area contributed by atoms with Gasteiger partial charge in [0.15, 0.2) is 5.78 Å². The molecule has 0 bridgehead atoms. The number of fused-ring (bicyclic) bond motifs is 3. The third-order valence-electron chi connectivity index (χ3n) is 4.68. The van der Waals surface area contributed by atoms with E-state index in [0.717, 1.165) is 27.6 Å². The van der Waals surface area contributed by atoms with Gasteiger partial charge < -0.3 is 14.2 Å². The summed E-state index contributed by atoms with van der Waals surface area (Å²) in [6.45, 7) is 6.43. The van der Waals surface area contributed by atoms with Crippen molar-refractivity contribution in [2.24, 2.45) is 0 Å². The summed E-state index contributed by atoms with van der Waals surface area (Å²) in [5.41, 5.74) is 2.64. The largest absolute Gasteiger partial charge is 3.00 e. The zero-order valence-electron chi connectivity index (χ0n) is 18.9. The number of benzene rings is 2. The fourth-order valence-corrected chi connectivity index (χ4v) is 3.05. The molecule has 0 radical (unpaired) electrons. The fourth-order valence-electron chi connectivity index (χ4n) is 3.05. The van der Waals surface area contributed by atoms with Gasteiger partial charge >= 0.3 is 49.4 Å². The molecular formula is C26H28EuN2O4+3. The van der Waals surface area contributed by atoms with Crippen molar-refractivity contribution < 1.29 is 68.4 Å². The molecular weight excluding hydrogens is 556 g/mol. The Morgan fingerprint density at radius 2 is 1.30 bits per heavy atom. The Bertz CT molecular complexity index is 1080. The van der Waals surface area contributed by atoms with Crippen molar-refractivity contribution in [3.63, 3.8) is 0 Å². The van der Waals surface area contributed by atoms with Crippen molar-refractivity contribution in [3.8, 4) is 5.75 Å². The molecule has 2 heterocycles. The topological polar surface area (TPSA) is 70.5 Å². The van der Waals surface area contributed by atoms with Crippen molar-refractivity contribution in [1.29, 1.82) is 0 Å². The van der Waals surface area contributed by atoms with Gasteiger partial charge in [0.1, 0.15) is 12.4 Å². The molecule has 7 heteroatoms. The Balaban J connectivity index is 0.000000231. The molecule has 0 saturated heterocycles. The molecule has 4 aromatic rings. The molecule has 0 unspecified atom stereocenters. The van der Waals surface area contributed by atoms with Crippen molar-refractivity contribution >= 4 is 27.6 Å². The van der Waals surface area contributed by atoms with Crippen LogP contribution in [0.25, 0.3) is 21.8 Å². The SMILES string of the molecule is CCOCCOCCOc1ccc(C(C)=O)cc1.[Eu+3].c1cnc2c(c1)ccc1cccnc12. The molecule has 0 saturated carbocycles. The normalized spacial score (nSPS) is 10.2. The molecule has 33 heavy (non-hydrogen) atoms. The van der Waals surface area contributed by atoms with E-state index in [1.165, 1.54) is 0 Å². The Labute approximate surface area is 235 Å². The second-order valence-electron chi connectivity index (χ2n) is 6.95. The van der Waals surface area contributed by atoms with Gasteiger partial charge in [-0.1, -0.05) is 24.3 Å². The summed E-state index contributed by atoms with van der Waals surface area (Å²) >= 11 is 0. The zero-order chi connectivity index (χ0) is 22.6. The maximum atomic E-state index is 11.1. The molecule has 4 rings (SSSR count). The molecule has 0 aliphatic rings. The minimum absolute atomic E-state index is 0. The number of pyridine rings is 2. The molecule has 0 spiro atoms. The van der Waals surface area contributed by atoms with Gasteiger partial charge in [0.05, 0.1) is 30.9 Å². The summed E-state index contributed by atoms with van der Waals surface area (Å²) in [6.07, 6.45) is 3.60. The van der Waals surface area contributed by atoms with Crippen LogP contribution in [0.15, 0.2) is 73.1 Å². The quantitative estimate of drug-likeness (QED) is 0.155. The van der Waals surface area contributed by atoms with Gasteiger partial charge in [0, 0.05) is 35.3 Å². The van der Waals surface area contributed by atoms with Crippen LogP contribution in [-0.2, 0) is 9.47 Å². The number of nitrogens with zero attached hydrogens (tertiary/aromatic N) is 2. The summed E-state index contributed by atoms with van der Waals surface area (Å²) < 4.78 is 15.9. The van der Waals surface area contributed by atoms with Gasteiger partial charge in [-0.05, 0) is 50.2 Å². The molecule has 2 aromatic heterocycles. The van der Waals surface area contributed by atoms with Crippen LogP contribution in [-0.4, -0.2) is 48.8 Å². The van der Waals surface area contributed by atoms with Crippen molar-refractivity contribution in [2.45, 2.75) is 13.8 Å². The smallest absolute Gasteiger partial charge is 0.491 e. The summed E-state index contributed by atoms with van der Waals surface area (Å²) in [5.74, 6) is 0.800. The predicted octanol–water partition coefficient (Wildman–Crippen LogP) is 5.10. The van der Waals surface area contributed by atoms with E-state index in [1.807, 2.05) is 19.1 Å². The van der Waals surface area contributed by atoms with Crippen LogP contribution in [0.5, 0.6) is 5.75 Å². The second-order valence-corrected chi connectivity index (χ2v) is 6.95. The first-order valence-corrected chi connectivity index (χ1v) is 10.7. The van der Waals surface area contributed by atoms with Crippen LogP contribution in [0.2, 0.25) is 0 Å². The summed E-state index contributed by atoms with van der Waals surface area (Å²) in [7, 11) is 0. The standard InChI is InChI=1S/C14H20O4.C12H8N2.Eu/c1-3-16-8-9-17-10-11-18-14-6-4-13(5-7-14)12(2)15;1-3-9-5-6-10-4-2-8-14-12(10)11(9)13-7-1;/h4-7H,3,8-11H2,1-2H3;1-8H;/q;;+3. The van der Waals surface area contributed by atoms with Crippen LogP contribution in [0.1, 0.15) is 24.2 Å². The summed E-state index contributed by atoms with van der Waals surface area (Å²) in [5, 5.41) is 2.28. The third kappa shape index (κ3) is 8.83. The Hall–Kier alpha value is -1.77. The number of ketones is 1. The van der Waals surface area contributed by atoms with Crippen LogP contribution < -0.4 is 4.74 Å². The molecule has 170 valence electrons. The number of hydrogen-bond donors (Lipinski definition) is 0. The average molecular weight is 584 g/mol. The van der Waals surface area contributed by atoms with Crippen LogP contribution in [0, 0.1) is 49.4 Å². The molecule has 0 atom stereocenters. The average Bonchev–Trinajstić information content (AvgIpc) is 2.84. The summed E-state index contributed by atoms with van der Waals surface area (Å²) in [4.78, 5) is 19.8. The molecule has 0 aliphatic carbocycles. The Morgan fingerprint density at radius 3 is 1.85 bits per heavy atom. The van der Waals surface area contributed by atoms with E-state index in [9.17, 15) is 4.79 Å². The van der Waals surface area contributed by atoms with Crippen molar-refractivity contribution in [3.05, 3.63) is 78.6 Å². The van der Waals surface area contributed by atoms with E-state index >= 15 is 0 Å². The first kappa shape index (κ1) is 27.5. The van der Waals surface area contributed by atoms with E-state index in [2.05, 4.69) is 34.2 Å². The fraction of sp³-hybridized carbons (Fsp3) is 0.269. The van der Waals surface area contributed by atoms with Crippen LogP contribution in [0.4, 0.5) is 0 Å². The van der Waals surface area contributed by atoms with E-state index in [1.54, 1.807) is 43.6 Å². The van der Waals surface area contributed by atoms with Gasteiger partial charge in [-0.15, -0.1) is 0 Å². The monoisotopic (exact) mass is 585 g/mol. The van der Waals surface area contributed by atoms with Crippen molar-refractivity contribution in [1.82, 2.24) is 9.97 Å². The number of hydrogen-bond acceptors (Lipinski definition) is 6. The van der Waals surface area contributed by atoms with E-state index in [4.69, 9.17) is 14.2 Å². The molecule has 2 aromatic carbocycles. The number of Topliss-reactive ketones (excluding diaryl/α,β-unsaturated/α-hetero) is 1. The Morgan fingerprint density at radius 1 is 0.758 bits per heavy atom.